The first-order chi connectivity index (χ1) is 19.7. The molecule has 8 heteroatoms. The topological polar surface area (TPSA) is 50.1 Å². The highest BCUT2D eigenvalue weighted by molar-refractivity contribution is 7.22. The number of ether oxygens (including phenoxy) is 1. The summed E-state index contributed by atoms with van der Waals surface area (Å²) in [5, 5.41) is 3.23. The van der Waals surface area contributed by atoms with Crippen molar-refractivity contribution in [3.63, 3.8) is 0 Å². The van der Waals surface area contributed by atoms with Gasteiger partial charge >= 0.3 is 0 Å². The summed E-state index contributed by atoms with van der Waals surface area (Å²) in [6.07, 6.45) is 2.23. The van der Waals surface area contributed by atoms with E-state index in [0.717, 1.165) is 65.9 Å². The van der Waals surface area contributed by atoms with Gasteiger partial charge in [0.25, 0.3) is 5.91 Å². The lowest BCUT2D eigenvalue weighted by molar-refractivity contribution is 0.0631. The Morgan fingerprint density at radius 1 is 0.925 bits per heavy atom. The van der Waals surface area contributed by atoms with Crippen molar-refractivity contribution in [2.24, 2.45) is 0 Å². The summed E-state index contributed by atoms with van der Waals surface area (Å²) in [4.78, 5) is 24.4. The molecule has 200 valence electrons. The first-order valence-corrected chi connectivity index (χ1v) is 15.1. The molecule has 0 atom stereocenters. The van der Waals surface area contributed by atoms with Crippen molar-refractivity contribution < 1.29 is 9.53 Å². The third-order valence-corrected chi connectivity index (χ3v) is 9.58. The number of rotatable bonds is 6. The van der Waals surface area contributed by atoms with Gasteiger partial charge in [-0.25, -0.2) is 4.98 Å². The molecular formula is C32H28N4O2S2. The number of fused-ring (bicyclic) bond motifs is 2. The average Bonchev–Trinajstić information content (AvgIpc) is 3.76. The largest absolute Gasteiger partial charge is 0.497 e. The Labute approximate surface area is 240 Å². The minimum atomic E-state index is 0.136. The van der Waals surface area contributed by atoms with Crippen LogP contribution in [0.15, 0.2) is 90.4 Å². The van der Waals surface area contributed by atoms with E-state index < -0.39 is 0 Å². The highest BCUT2D eigenvalue weighted by Crippen LogP contribution is 2.35. The van der Waals surface area contributed by atoms with Crippen molar-refractivity contribution in [1.82, 2.24) is 19.2 Å². The van der Waals surface area contributed by atoms with Crippen LogP contribution in [0.5, 0.6) is 5.75 Å². The van der Waals surface area contributed by atoms with Crippen molar-refractivity contribution in [2.45, 2.75) is 6.54 Å². The van der Waals surface area contributed by atoms with E-state index in [1.54, 1.807) is 7.11 Å². The lowest BCUT2D eigenvalue weighted by Gasteiger charge is -2.34. The Morgan fingerprint density at radius 2 is 1.73 bits per heavy atom. The van der Waals surface area contributed by atoms with E-state index in [1.165, 1.54) is 31.9 Å². The molecule has 0 unspecified atom stereocenters. The number of nitrogens with zero attached hydrogens (tertiary/aromatic N) is 4. The molecule has 0 saturated carbocycles. The molecule has 0 spiro atoms. The summed E-state index contributed by atoms with van der Waals surface area (Å²) in [5.41, 5.74) is 5.31. The molecule has 1 fully saturated rings. The van der Waals surface area contributed by atoms with Gasteiger partial charge in [-0.05, 0) is 65.4 Å². The lowest BCUT2D eigenvalue weighted by atomic mass is 10.1. The van der Waals surface area contributed by atoms with Crippen LogP contribution in [0, 0.1) is 0 Å². The minimum absolute atomic E-state index is 0.136. The van der Waals surface area contributed by atoms with Crippen molar-refractivity contribution in [2.75, 3.05) is 33.3 Å². The van der Waals surface area contributed by atoms with Gasteiger partial charge < -0.3 is 14.0 Å². The zero-order valence-corrected chi connectivity index (χ0v) is 23.8. The number of carbonyl (C=O) groups is 1. The van der Waals surface area contributed by atoms with Crippen LogP contribution >= 0.6 is 22.7 Å². The molecule has 6 nitrogen and oxygen atoms in total. The number of aromatic nitrogens is 2. The number of methoxy groups -OCH3 is 1. The van der Waals surface area contributed by atoms with Crippen LogP contribution in [0.25, 0.3) is 37.4 Å². The molecule has 0 radical (unpaired) electrons. The van der Waals surface area contributed by atoms with E-state index in [4.69, 9.17) is 9.72 Å². The Bertz CT molecular complexity index is 1760. The van der Waals surface area contributed by atoms with Crippen LogP contribution < -0.4 is 4.74 Å². The Kier molecular flexibility index (Phi) is 6.59. The predicted molar refractivity (Wildman–Crippen MR) is 163 cm³/mol. The number of thiophene rings is 2. The third kappa shape index (κ3) is 4.68. The molecule has 0 N–H and O–H groups in total. The fraction of sp³-hybridized carbons (Fsp3) is 0.188. The van der Waals surface area contributed by atoms with Gasteiger partial charge in [0.15, 0.2) is 0 Å². The zero-order valence-electron chi connectivity index (χ0n) is 22.1. The molecule has 5 heterocycles. The number of hydrogen-bond donors (Lipinski definition) is 0. The van der Waals surface area contributed by atoms with Crippen molar-refractivity contribution >= 4 is 44.3 Å². The van der Waals surface area contributed by atoms with E-state index in [1.807, 2.05) is 45.9 Å². The van der Waals surface area contributed by atoms with Crippen LogP contribution in [0.1, 0.15) is 15.4 Å². The zero-order chi connectivity index (χ0) is 27.1. The molecule has 2 aromatic carbocycles. The van der Waals surface area contributed by atoms with Crippen molar-refractivity contribution in [1.29, 1.82) is 0 Å². The number of imidazole rings is 1. The maximum atomic E-state index is 12.9. The molecule has 4 aromatic heterocycles. The molecule has 7 rings (SSSR count). The average molecular weight is 565 g/mol. The van der Waals surface area contributed by atoms with E-state index in [2.05, 4.69) is 70.1 Å². The predicted octanol–water partition coefficient (Wildman–Crippen LogP) is 6.91. The standard InChI is InChI=1S/C32H28N4O2S2/c1-38-25-11-8-22(9-12-25)31-26(21-34-14-16-35(17-15-34)32(37)28-7-4-18-39-28)36-20-24(10-13-30(36)33-31)29-19-23-5-2-3-6-27(23)40-29/h2-13,18-20H,14-17,21H2,1H3. The van der Waals surface area contributed by atoms with Crippen LogP contribution in [0.2, 0.25) is 0 Å². The maximum Gasteiger partial charge on any atom is 0.264 e. The number of hydrogen-bond acceptors (Lipinski definition) is 6. The second-order valence-corrected chi connectivity index (χ2v) is 12.0. The molecule has 6 aromatic rings. The molecule has 1 saturated heterocycles. The monoisotopic (exact) mass is 564 g/mol. The van der Waals surface area contributed by atoms with Gasteiger partial charge in [-0.1, -0.05) is 24.3 Å². The Morgan fingerprint density at radius 3 is 2.48 bits per heavy atom. The van der Waals surface area contributed by atoms with E-state index >= 15 is 0 Å². The van der Waals surface area contributed by atoms with E-state index in [-0.39, 0.29) is 5.91 Å². The smallest absolute Gasteiger partial charge is 0.264 e. The quantitative estimate of drug-likeness (QED) is 0.221. The third-order valence-electron chi connectivity index (χ3n) is 7.56. The summed E-state index contributed by atoms with van der Waals surface area (Å²) < 4.78 is 8.94. The maximum absolute atomic E-state index is 12.9. The highest BCUT2D eigenvalue weighted by Gasteiger charge is 2.25. The number of pyridine rings is 1. The Hall–Kier alpha value is -3.98. The van der Waals surface area contributed by atoms with Gasteiger partial charge in [-0.2, -0.15) is 0 Å². The summed E-state index contributed by atoms with van der Waals surface area (Å²) >= 11 is 3.32. The molecule has 40 heavy (non-hydrogen) atoms. The minimum Gasteiger partial charge on any atom is -0.497 e. The summed E-state index contributed by atoms with van der Waals surface area (Å²) in [6.45, 7) is 3.83. The summed E-state index contributed by atoms with van der Waals surface area (Å²) in [6, 6.07) is 27.1. The molecule has 1 aliphatic heterocycles. The van der Waals surface area contributed by atoms with Crippen LogP contribution in [0.4, 0.5) is 0 Å². The van der Waals surface area contributed by atoms with E-state index in [9.17, 15) is 4.79 Å². The van der Waals surface area contributed by atoms with Gasteiger partial charge in [-0.3, -0.25) is 9.69 Å². The molecule has 0 aliphatic carbocycles. The van der Waals surface area contributed by atoms with Gasteiger partial charge in [-0.15, -0.1) is 22.7 Å². The first kappa shape index (κ1) is 25.0. The van der Waals surface area contributed by atoms with Crippen LogP contribution in [-0.2, 0) is 6.54 Å². The Balaban J connectivity index is 1.23. The second-order valence-electron chi connectivity index (χ2n) is 9.98. The molecule has 1 amide bonds. The number of piperazine rings is 1. The fourth-order valence-electron chi connectivity index (χ4n) is 5.37. The fourth-order valence-corrected chi connectivity index (χ4v) is 7.11. The lowest BCUT2D eigenvalue weighted by Crippen LogP contribution is -2.48. The summed E-state index contributed by atoms with van der Waals surface area (Å²) in [5.74, 6) is 0.962. The number of amides is 1. The summed E-state index contributed by atoms with van der Waals surface area (Å²) in [7, 11) is 1.68. The normalized spacial score (nSPS) is 14.3. The molecule has 0 bridgehead atoms. The van der Waals surface area contributed by atoms with Crippen LogP contribution in [-0.4, -0.2) is 58.4 Å². The highest BCUT2D eigenvalue weighted by atomic mass is 32.1. The van der Waals surface area contributed by atoms with Gasteiger partial charge in [0.1, 0.15) is 11.4 Å². The molecule has 1 aliphatic rings. The van der Waals surface area contributed by atoms with Gasteiger partial charge in [0, 0.05) is 59.6 Å². The van der Waals surface area contributed by atoms with Crippen LogP contribution in [0.3, 0.4) is 0 Å². The van der Waals surface area contributed by atoms with E-state index in [0.29, 0.717) is 0 Å². The SMILES string of the molecule is COc1ccc(-c2nc3ccc(-c4cc5ccccc5s4)cn3c2CN2CCN(C(=O)c3cccs3)CC2)cc1. The van der Waals surface area contributed by atoms with Crippen molar-refractivity contribution in [3.8, 4) is 27.4 Å². The number of benzene rings is 2. The van der Waals surface area contributed by atoms with Crippen molar-refractivity contribution in [3.05, 3.63) is 101 Å². The number of carbonyl (C=O) groups excluding carboxylic acids is 1. The van der Waals surface area contributed by atoms with Gasteiger partial charge in [0.2, 0.25) is 0 Å². The van der Waals surface area contributed by atoms with Gasteiger partial charge in [0.05, 0.1) is 23.4 Å². The first-order valence-electron chi connectivity index (χ1n) is 13.4. The second kappa shape index (κ2) is 10.5. The molecular weight excluding hydrogens is 537 g/mol.